The Morgan fingerprint density at radius 2 is 1.94 bits per heavy atom. The first-order chi connectivity index (χ1) is 8.60. The molecule has 0 saturated heterocycles. The Kier molecular flexibility index (Phi) is 6.36. The van der Waals surface area contributed by atoms with Crippen molar-refractivity contribution >= 4 is 39.3 Å². The van der Waals surface area contributed by atoms with E-state index in [9.17, 15) is 9.59 Å². The van der Waals surface area contributed by atoms with Crippen LogP contribution in [0.3, 0.4) is 0 Å². The molecule has 1 aromatic rings. The Hall–Kier alpha value is -0.870. The largest absolute Gasteiger partial charge is 0.462 e. The van der Waals surface area contributed by atoms with Gasteiger partial charge in [-0.15, -0.1) is 11.6 Å². The van der Waals surface area contributed by atoms with Crippen molar-refractivity contribution in [3.8, 4) is 0 Å². The van der Waals surface area contributed by atoms with Crippen molar-refractivity contribution in [2.45, 2.75) is 19.2 Å². The predicted octanol–water partition coefficient (Wildman–Crippen LogP) is 3.11. The van der Waals surface area contributed by atoms with Crippen LogP contribution in [-0.2, 0) is 21.8 Å². The molecule has 0 N–H and O–H groups in total. The maximum atomic E-state index is 11.7. The molecule has 3 nitrogen and oxygen atoms in total. The van der Waals surface area contributed by atoms with E-state index in [0.717, 1.165) is 11.1 Å². The molecule has 0 aliphatic carbocycles. The molecule has 0 aliphatic rings. The van der Waals surface area contributed by atoms with Gasteiger partial charge in [0.05, 0.1) is 17.5 Å². The van der Waals surface area contributed by atoms with E-state index in [1.54, 1.807) is 19.1 Å². The number of esters is 1. The molecule has 0 heterocycles. The Labute approximate surface area is 120 Å². The van der Waals surface area contributed by atoms with Crippen molar-refractivity contribution < 1.29 is 14.3 Å². The minimum Gasteiger partial charge on any atom is -0.462 e. The summed E-state index contributed by atoms with van der Waals surface area (Å²) in [6, 6.07) is 5.19. The molecule has 0 saturated carbocycles. The van der Waals surface area contributed by atoms with Crippen LogP contribution in [0.2, 0.25) is 0 Å². The minimum atomic E-state index is -0.392. The van der Waals surface area contributed by atoms with Crippen LogP contribution < -0.4 is 0 Å². The van der Waals surface area contributed by atoms with Crippen molar-refractivity contribution in [3.63, 3.8) is 0 Å². The average Bonchev–Trinajstić information content (AvgIpc) is 2.38. The fourth-order valence-electron chi connectivity index (χ4n) is 1.55. The summed E-state index contributed by atoms with van der Waals surface area (Å²) in [4.78, 5) is 23.1. The Bertz CT molecular complexity index is 446. The molecular weight excluding hydrogens is 319 g/mol. The molecular formula is C13H14BrClO3. The third kappa shape index (κ3) is 4.42. The topological polar surface area (TPSA) is 43.4 Å². The second kappa shape index (κ2) is 7.54. The van der Waals surface area contributed by atoms with Crippen LogP contribution in [0.15, 0.2) is 18.2 Å². The lowest BCUT2D eigenvalue weighted by Gasteiger charge is -2.07. The molecule has 5 heteroatoms. The van der Waals surface area contributed by atoms with Crippen LogP contribution >= 0.6 is 27.5 Å². The lowest BCUT2D eigenvalue weighted by molar-refractivity contribution is -0.115. The maximum absolute atomic E-state index is 11.7. The van der Waals surface area contributed by atoms with Crippen molar-refractivity contribution in [1.29, 1.82) is 0 Å². The SMILES string of the molecule is CCOC(=O)c1cc(CCl)cc(CC(=O)CBr)c1. The van der Waals surface area contributed by atoms with Crippen molar-refractivity contribution in [1.82, 2.24) is 0 Å². The van der Waals surface area contributed by atoms with Crippen molar-refractivity contribution in [2.24, 2.45) is 0 Å². The monoisotopic (exact) mass is 332 g/mol. The van der Waals surface area contributed by atoms with Gasteiger partial charge < -0.3 is 4.74 Å². The Balaban J connectivity index is 3.01. The second-order valence-electron chi connectivity index (χ2n) is 3.74. The summed E-state index contributed by atoms with van der Waals surface area (Å²) in [6.45, 7) is 2.07. The summed E-state index contributed by atoms with van der Waals surface area (Å²) < 4.78 is 4.94. The molecule has 0 bridgehead atoms. The molecule has 0 radical (unpaired) electrons. The van der Waals surface area contributed by atoms with E-state index in [2.05, 4.69) is 15.9 Å². The molecule has 0 amide bonds. The summed E-state index contributed by atoms with van der Waals surface area (Å²) in [5.41, 5.74) is 2.02. The molecule has 18 heavy (non-hydrogen) atoms. The maximum Gasteiger partial charge on any atom is 0.338 e. The zero-order chi connectivity index (χ0) is 13.5. The van der Waals surface area contributed by atoms with Gasteiger partial charge in [0, 0.05) is 12.3 Å². The number of Topliss-reactive ketones (excluding diaryl/α,β-unsaturated/α-hetero) is 1. The number of hydrogen-bond acceptors (Lipinski definition) is 3. The van der Waals surface area contributed by atoms with Crippen LogP contribution in [-0.4, -0.2) is 23.7 Å². The molecule has 98 valence electrons. The van der Waals surface area contributed by atoms with E-state index in [0.29, 0.717) is 23.4 Å². The summed E-state index contributed by atoms with van der Waals surface area (Å²) >= 11 is 8.89. The molecule has 0 atom stereocenters. The normalized spacial score (nSPS) is 10.2. The van der Waals surface area contributed by atoms with Gasteiger partial charge in [-0.05, 0) is 30.2 Å². The average molecular weight is 334 g/mol. The van der Waals surface area contributed by atoms with Gasteiger partial charge in [0.1, 0.15) is 5.78 Å². The number of halogens is 2. The van der Waals surface area contributed by atoms with Gasteiger partial charge in [0.15, 0.2) is 0 Å². The molecule has 0 unspecified atom stereocenters. The first-order valence-corrected chi connectivity index (χ1v) is 7.19. The number of carbonyl (C=O) groups excluding carboxylic acids is 2. The van der Waals surface area contributed by atoms with E-state index in [1.165, 1.54) is 0 Å². The number of benzene rings is 1. The number of hydrogen-bond donors (Lipinski definition) is 0. The smallest absolute Gasteiger partial charge is 0.338 e. The quantitative estimate of drug-likeness (QED) is 0.593. The fourth-order valence-corrected chi connectivity index (χ4v) is 1.90. The third-order valence-corrected chi connectivity index (χ3v) is 3.20. The highest BCUT2D eigenvalue weighted by Gasteiger charge is 2.11. The number of alkyl halides is 2. The minimum absolute atomic E-state index is 0.0523. The molecule has 0 spiro atoms. The fraction of sp³-hybridized carbons (Fsp3) is 0.385. The summed E-state index contributed by atoms with van der Waals surface area (Å²) in [7, 11) is 0. The van der Waals surface area contributed by atoms with Crippen LogP contribution in [0.25, 0.3) is 0 Å². The van der Waals surface area contributed by atoms with Gasteiger partial charge in [0.25, 0.3) is 0 Å². The number of carbonyl (C=O) groups is 2. The van der Waals surface area contributed by atoms with E-state index < -0.39 is 5.97 Å². The van der Waals surface area contributed by atoms with Gasteiger partial charge >= 0.3 is 5.97 Å². The summed E-state index contributed by atoms with van der Waals surface area (Å²) in [5.74, 6) is -0.0449. The van der Waals surface area contributed by atoms with Gasteiger partial charge in [-0.25, -0.2) is 4.79 Å². The third-order valence-electron chi connectivity index (χ3n) is 2.27. The van der Waals surface area contributed by atoms with Crippen LogP contribution in [0.4, 0.5) is 0 Å². The molecule has 0 aliphatic heterocycles. The van der Waals surface area contributed by atoms with Crippen LogP contribution in [0.1, 0.15) is 28.4 Å². The van der Waals surface area contributed by atoms with Gasteiger partial charge in [-0.3, -0.25) is 4.79 Å². The lowest BCUT2D eigenvalue weighted by atomic mass is 10.0. The standard InChI is InChI=1S/C13H14BrClO3/c1-2-18-13(17)11-4-9(6-12(16)7-14)3-10(5-11)8-15/h3-5H,2,6-8H2,1H3. The molecule has 1 rings (SSSR count). The molecule has 0 fully saturated rings. The predicted molar refractivity (Wildman–Crippen MR) is 74.5 cm³/mol. The van der Waals surface area contributed by atoms with E-state index >= 15 is 0 Å². The number of rotatable bonds is 6. The summed E-state index contributed by atoms with van der Waals surface area (Å²) in [6.07, 6.45) is 0.280. The number of ether oxygens (including phenoxy) is 1. The van der Waals surface area contributed by atoms with Gasteiger partial charge in [0.2, 0.25) is 0 Å². The highest BCUT2D eigenvalue weighted by Crippen LogP contribution is 2.15. The summed E-state index contributed by atoms with van der Waals surface area (Å²) in [5, 5.41) is 0.298. The molecule has 1 aromatic carbocycles. The molecule has 0 aromatic heterocycles. The van der Waals surface area contributed by atoms with E-state index in [-0.39, 0.29) is 12.2 Å². The number of ketones is 1. The Morgan fingerprint density at radius 3 is 2.50 bits per heavy atom. The van der Waals surface area contributed by atoms with Crippen LogP contribution in [0.5, 0.6) is 0 Å². The van der Waals surface area contributed by atoms with Crippen molar-refractivity contribution in [3.05, 3.63) is 34.9 Å². The van der Waals surface area contributed by atoms with Gasteiger partial charge in [-0.2, -0.15) is 0 Å². The zero-order valence-electron chi connectivity index (χ0n) is 10.0. The first-order valence-electron chi connectivity index (χ1n) is 5.54. The van der Waals surface area contributed by atoms with E-state index in [4.69, 9.17) is 16.3 Å². The Morgan fingerprint density at radius 1 is 1.28 bits per heavy atom. The highest BCUT2D eigenvalue weighted by molar-refractivity contribution is 9.09. The zero-order valence-corrected chi connectivity index (χ0v) is 12.4. The van der Waals surface area contributed by atoms with Gasteiger partial charge in [-0.1, -0.05) is 22.0 Å². The van der Waals surface area contributed by atoms with Crippen molar-refractivity contribution in [2.75, 3.05) is 11.9 Å². The second-order valence-corrected chi connectivity index (χ2v) is 4.57. The first kappa shape index (κ1) is 15.2. The lowest BCUT2D eigenvalue weighted by Crippen LogP contribution is -2.08. The highest BCUT2D eigenvalue weighted by atomic mass is 79.9. The van der Waals surface area contributed by atoms with E-state index in [1.807, 2.05) is 6.07 Å². The van der Waals surface area contributed by atoms with Crippen LogP contribution in [0, 0.1) is 0 Å².